The van der Waals surface area contributed by atoms with Crippen LogP contribution in [0, 0.1) is 5.92 Å². The highest BCUT2D eigenvalue weighted by Gasteiger charge is 2.12. The number of hydrogen-bond acceptors (Lipinski definition) is 2. The summed E-state index contributed by atoms with van der Waals surface area (Å²) < 4.78 is 0. The smallest absolute Gasteiger partial charge is 0.274 e. The van der Waals surface area contributed by atoms with Crippen LogP contribution in [0.2, 0.25) is 0 Å². The molecule has 0 aromatic carbocycles. The normalized spacial score (nSPS) is 10.9. The topological polar surface area (TPSA) is 49.3 Å². The zero-order valence-electron chi connectivity index (χ0n) is 10.6. The van der Waals surface area contributed by atoms with Crippen molar-refractivity contribution in [3.05, 3.63) is 47.5 Å². The fourth-order valence-electron chi connectivity index (χ4n) is 2.16. The number of amides is 1. The van der Waals surface area contributed by atoms with E-state index in [1.807, 2.05) is 18.2 Å². The second-order valence-electron chi connectivity index (χ2n) is 4.89. The van der Waals surface area contributed by atoms with Crippen molar-refractivity contribution in [3.63, 3.8) is 0 Å². The van der Waals surface area contributed by atoms with E-state index in [0.717, 1.165) is 17.5 Å². The first-order chi connectivity index (χ1) is 8.61. The van der Waals surface area contributed by atoms with Crippen LogP contribution in [0.25, 0.3) is 11.1 Å². The van der Waals surface area contributed by atoms with E-state index in [9.17, 15) is 4.79 Å². The number of fused-ring (bicyclic) bond motifs is 1. The first-order valence-electron chi connectivity index (χ1n) is 6.08. The zero-order valence-corrected chi connectivity index (χ0v) is 10.6. The van der Waals surface area contributed by atoms with Crippen molar-refractivity contribution >= 4 is 5.91 Å². The number of nitrogens with one attached hydrogen (secondary N) is 1. The van der Waals surface area contributed by atoms with Crippen molar-refractivity contribution < 1.29 is 10.0 Å². The van der Waals surface area contributed by atoms with E-state index >= 15 is 0 Å². The molecular weight excluding hydrogens is 226 g/mol. The van der Waals surface area contributed by atoms with Gasteiger partial charge in [0.05, 0.1) is 0 Å². The van der Waals surface area contributed by atoms with Crippen LogP contribution in [0.3, 0.4) is 0 Å². The molecule has 0 aliphatic heterocycles. The molecule has 0 heterocycles. The van der Waals surface area contributed by atoms with Crippen molar-refractivity contribution in [1.29, 1.82) is 0 Å². The van der Waals surface area contributed by atoms with Gasteiger partial charge in [-0.3, -0.25) is 10.0 Å². The predicted octanol–water partition coefficient (Wildman–Crippen LogP) is 3.11. The first kappa shape index (κ1) is 12.6. The summed E-state index contributed by atoms with van der Waals surface area (Å²) in [4.78, 5) is 11.5. The lowest BCUT2D eigenvalue weighted by molar-refractivity contribution is 0.0706. The maximum atomic E-state index is 11.5. The summed E-state index contributed by atoms with van der Waals surface area (Å²) >= 11 is 0. The van der Waals surface area contributed by atoms with Gasteiger partial charge < -0.3 is 0 Å². The maximum Gasteiger partial charge on any atom is 0.274 e. The molecule has 0 atom stereocenters. The molecule has 0 aromatic rings. The van der Waals surface area contributed by atoms with E-state index in [-0.39, 0.29) is 0 Å². The minimum atomic E-state index is -0.482. The van der Waals surface area contributed by atoms with Gasteiger partial charge in [0.15, 0.2) is 0 Å². The quantitative estimate of drug-likeness (QED) is 0.643. The van der Waals surface area contributed by atoms with Gasteiger partial charge in [-0.1, -0.05) is 38.1 Å². The molecular formula is C15H17NO2. The molecule has 1 amide bonds. The molecule has 0 unspecified atom stereocenters. The van der Waals surface area contributed by atoms with Gasteiger partial charge in [-0.05, 0) is 41.2 Å². The summed E-state index contributed by atoms with van der Waals surface area (Å²) in [5.74, 6) is 0.0837. The first-order valence-corrected chi connectivity index (χ1v) is 6.08. The Morgan fingerprint density at radius 1 is 1.28 bits per heavy atom. The molecule has 2 aliphatic carbocycles. The second-order valence-corrected chi connectivity index (χ2v) is 4.89. The number of hydrogen-bond donors (Lipinski definition) is 2. The van der Waals surface area contributed by atoms with E-state index in [1.165, 1.54) is 5.56 Å². The maximum absolute atomic E-state index is 11.5. The summed E-state index contributed by atoms with van der Waals surface area (Å²) in [6.45, 7) is 4.34. The van der Waals surface area contributed by atoms with Gasteiger partial charge in [0.1, 0.15) is 0 Å². The molecule has 0 fully saturated rings. The molecule has 3 nitrogen and oxygen atoms in total. The fraction of sp³-hybridized carbons (Fsp3) is 0.267. The molecule has 0 spiro atoms. The van der Waals surface area contributed by atoms with Crippen molar-refractivity contribution in [2.24, 2.45) is 5.92 Å². The molecule has 3 heteroatoms. The zero-order chi connectivity index (χ0) is 13.1. The van der Waals surface area contributed by atoms with E-state index in [0.29, 0.717) is 11.5 Å². The molecule has 2 aliphatic rings. The predicted molar refractivity (Wildman–Crippen MR) is 70.9 cm³/mol. The van der Waals surface area contributed by atoms with Gasteiger partial charge in [0.25, 0.3) is 5.91 Å². The van der Waals surface area contributed by atoms with Gasteiger partial charge in [0, 0.05) is 5.56 Å². The summed E-state index contributed by atoms with van der Waals surface area (Å²) in [5, 5.41) is 8.71. The Kier molecular flexibility index (Phi) is 3.63. The Hall–Kier alpha value is -1.87. The van der Waals surface area contributed by atoms with E-state index in [4.69, 9.17) is 5.21 Å². The van der Waals surface area contributed by atoms with Crippen LogP contribution >= 0.6 is 0 Å². The van der Waals surface area contributed by atoms with E-state index < -0.39 is 5.91 Å². The highest BCUT2D eigenvalue weighted by molar-refractivity contribution is 5.94. The van der Waals surface area contributed by atoms with Crippen LogP contribution in [0.15, 0.2) is 36.4 Å². The number of carbonyl (C=O) groups is 1. The minimum Gasteiger partial charge on any atom is -0.288 e. The molecule has 2 rings (SSSR count). The lowest BCUT2D eigenvalue weighted by Gasteiger charge is -2.05. The number of hydroxylamine groups is 1. The van der Waals surface area contributed by atoms with Crippen LogP contribution in [0.4, 0.5) is 0 Å². The van der Waals surface area contributed by atoms with Crippen molar-refractivity contribution in [2.45, 2.75) is 20.3 Å². The molecule has 2 N–H and O–H groups in total. The van der Waals surface area contributed by atoms with Crippen LogP contribution in [0.5, 0.6) is 0 Å². The van der Waals surface area contributed by atoms with Gasteiger partial charge in [0.2, 0.25) is 0 Å². The molecule has 94 valence electrons. The van der Waals surface area contributed by atoms with Crippen LogP contribution in [-0.4, -0.2) is 11.1 Å². The number of carbonyl (C=O) groups excluding carboxylic acids is 1. The third-order valence-corrected chi connectivity index (χ3v) is 2.96. The Balaban J connectivity index is 2.49. The summed E-state index contributed by atoms with van der Waals surface area (Å²) in [7, 11) is 0. The van der Waals surface area contributed by atoms with Crippen molar-refractivity contribution in [3.8, 4) is 11.1 Å². The van der Waals surface area contributed by atoms with Crippen LogP contribution in [0.1, 0.15) is 29.8 Å². The molecule has 0 radical (unpaired) electrons. The standard InChI is InChI=1S/C15H17NO2/c1-10(2)8-12-7-6-11-4-3-5-13(9-14(11)12)15(17)16-18/h3-7,9-10,18H,8H2,1-2H3,(H,16,17). The van der Waals surface area contributed by atoms with Crippen LogP contribution < -0.4 is 5.48 Å². The Morgan fingerprint density at radius 2 is 2.06 bits per heavy atom. The summed E-state index contributed by atoms with van der Waals surface area (Å²) in [6, 6.07) is 11.5. The van der Waals surface area contributed by atoms with Gasteiger partial charge in [-0.15, -0.1) is 0 Å². The Labute approximate surface area is 107 Å². The second kappa shape index (κ2) is 5.19. The van der Waals surface area contributed by atoms with Gasteiger partial charge in [-0.2, -0.15) is 0 Å². The van der Waals surface area contributed by atoms with Gasteiger partial charge in [-0.25, -0.2) is 5.48 Å². The largest absolute Gasteiger partial charge is 0.288 e. The average molecular weight is 243 g/mol. The third-order valence-electron chi connectivity index (χ3n) is 2.96. The van der Waals surface area contributed by atoms with Crippen LogP contribution in [-0.2, 0) is 6.42 Å². The molecule has 0 bridgehead atoms. The molecule has 0 saturated heterocycles. The molecule has 18 heavy (non-hydrogen) atoms. The Morgan fingerprint density at radius 3 is 2.72 bits per heavy atom. The fourth-order valence-corrected chi connectivity index (χ4v) is 2.16. The minimum absolute atomic E-state index is 0.462. The Bertz CT molecular complexity index is 534. The summed E-state index contributed by atoms with van der Waals surface area (Å²) in [5.41, 5.74) is 5.56. The van der Waals surface area contributed by atoms with E-state index in [2.05, 4.69) is 26.0 Å². The SMILES string of the molecule is CC(C)Cc1ccc2cccc(C(=O)NO)cc1-2. The number of rotatable bonds is 3. The third kappa shape index (κ3) is 2.51. The lowest BCUT2D eigenvalue weighted by Crippen LogP contribution is -2.18. The summed E-state index contributed by atoms with van der Waals surface area (Å²) in [6.07, 6.45) is 0.980. The highest BCUT2D eigenvalue weighted by Crippen LogP contribution is 2.29. The molecule has 0 aromatic heterocycles. The van der Waals surface area contributed by atoms with Crippen molar-refractivity contribution in [1.82, 2.24) is 5.48 Å². The highest BCUT2D eigenvalue weighted by atomic mass is 16.5. The van der Waals surface area contributed by atoms with E-state index in [1.54, 1.807) is 11.5 Å². The van der Waals surface area contributed by atoms with Gasteiger partial charge >= 0.3 is 0 Å². The molecule has 0 saturated carbocycles. The lowest BCUT2D eigenvalue weighted by atomic mass is 10.00. The average Bonchev–Trinajstić information content (AvgIpc) is 2.59. The van der Waals surface area contributed by atoms with Crippen molar-refractivity contribution in [2.75, 3.05) is 0 Å². The monoisotopic (exact) mass is 243 g/mol.